The van der Waals surface area contributed by atoms with Crippen molar-refractivity contribution in [1.29, 1.82) is 0 Å². The van der Waals surface area contributed by atoms with Crippen LogP contribution in [0.15, 0.2) is 36.5 Å². The summed E-state index contributed by atoms with van der Waals surface area (Å²) in [5, 5.41) is 0. The molecule has 1 aromatic heterocycles. The summed E-state index contributed by atoms with van der Waals surface area (Å²) in [5.74, 6) is 5.70. The molecule has 1 aromatic carbocycles. The lowest BCUT2D eigenvalue weighted by Gasteiger charge is -2.19. The van der Waals surface area contributed by atoms with Gasteiger partial charge in [0.2, 0.25) is 0 Å². The average Bonchev–Trinajstić information content (AvgIpc) is 2.38. The van der Waals surface area contributed by atoms with E-state index in [9.17, 15) is 0 Å². The molecule has 1 atom stereocenters. The number of hydrogen-bond donors (Lipinski definition) is 2. The third-order valence-electron chi connectivity index (χ3n) is 3.34. The second-order valence-corrected chi connectivity index (χ2v) is 4.65. The molecule has 1 unspecified atom stereocenters. The Labute approximate surface area is 108 Å². The Morgan fingerprint density at radius 3 is 2.39 bits per heavy atom. The predicted molar refractivity (Wildman–Crippen MR) is 74.1 cm³/mol. The van der Waals surface area contributed by atoms with E-state index in [0.717, 1.165) is 5.69 Å². The number of pyridine rings is 1. The van der Waals surface area contributed by atoms with E-state index in [1.165, 1.54) is 22.3 Å². The number of nitrogens with zero attached hydrogens (tertiary/aromatic N) is 1. The monoisotopic (exact) mass is 241 g/mol. The maximum atomic E-state index is 5.70. The van der Waals surface area contributed by atoms with Crippen molar-refractivity contribution in [3.05, 3.63) is 64.5 Å². The fraction of sp³-hybridized carbons (Fsp3) is 0.267. The molecular weight excluding hydrogens is 222 g/mol. The number of aromatic nitrogens is 1. The Morgan fingerprint density at radius 1 is 1.06 bits per heavy atom. The van der Waals surface area contributed by atoms with Gasteiger partial charge in [0.1, 0.15) is 0 Å². The number of benzene rings is 1. The van der Waals surface area contributed by atoms with Crippen LogP contribution in [0.1, 0.15) is 34.0 Å². The van der Waals surface area contributed by atoms with Crippen LogP contribution in [-0.4, -0.2) is 4.98 Å². The zero-order chi connectivity index (χ0) is 13.1. The second kappa shape index (κ2) is 5.29. The highest BCUT2D eigenvalue weighted by Gasteiger charge is 2.16. The standard InChI is InChI=1S/C15H19N3/c1-10-8-12(3)13(9-11(10)2)15(18-16)14-6-4-5-7-17-14/h4-9,15,18H,16H2,1-3H3. The van der Waals surface area contributed by atoms with Crippen LogP contribution < -0.4 is 11.3 Å². The molecule has 0 fully saturated rings. The van der Waals surface area contributed by atoms with Gasteiger partial charge in [-0.3, -0.25) is 10.8 Å². The maximum absolute atomic E-state index is 5.70. The molecule has 0 saturated heterocycles. The van der Waals surface area contributed by atoms with E-state index in [0.29, 0.717) is 0 Å². The van der Waals surface area contributed by atoms with Crippen molar-refractivity contribution in [2.24, 2.45) is 5.84 Å². The summed E-state index contributed by atoms with van der Waals surface area (Å²) in [7, 11) is 0. The topological polar surface area (TPSA) is 50.9 Å². The molecule has 94 valence electrons. The second-order valence-electron chi connectivity index (χ2n) is 4.65. The summed E-state index contributed by atoms with van der Waals surface area (Å²) < 4.78 is 0. The van der Waals surface area contributed by atoms with Crippen molar-refractivity contribution in [2.45, 2.75) is 26.8 Å². The Balaban J connectivity index is 2.49. The lowest BCUT2D eigenvalue weighted by atomic mass is 9.94. The molecule has 0 amide bonds. The van der Waals surface area contributed by atoms with E-state index >= 15 is 0 Å². The Morgan fingerprint density at radius 2 is 1.78 bits per heavy atom. The van der Waals surface area contributed by atoms with Gasteiger partial charge in [0, 0.05) is 6.20 Å². The van der Waals surface area contributed by atoms with Gasteiger partial charge in [-0.2, -0.15) is 0 Å². The number of hydrazine groups is 1. The van der Waals surface area contributed by atoms with Crippen molar-refractivity contribution < 1.29 is 0 Å². The molecule has 0 aliphatic carbocycles. The minimum atomic E-state index is -0.0644. The van der Waals surface area contributed by atoms with Crippen molar-refractivity contribution in [3.63, 3.8) is 0 Å². The number of rotatable bonds is 3. The van der Waals surface area contributed by atoms with Crippen molar-refractivity contribution >= 4 is 0 Å². The minimum Gasteiger partial charge on any atom is -0.271 e. The van der Waals surface area contributed by atoms with Gasteiger partial charge in [0.15, 0.2) is 0 Å². The number of aryl methyl sites for hydroxylation is 3. The molecule has 2 rings (SSSR count). The first-order valence-corrected chi connectivity index (χ1v) is 6.08. The highest BCUT2D eigenvalue weighted by Crippen LogP contribution is 2.25. The highest BCUT2D eigenvalue weighted by molar-refractivity contribution is 5.41. The number of hydrogen-bond acceptors (Lipinski definition) is 3. The van der Waals surface area contributed by atoms with Gasteiger partial charge in [0.25, 0.3) is 0 Å². The van der Waals surface area contributed by atoms with Crippen molar-refractivity contribution in [1.82, 2.24) is 10.4 Å². The summed E-state index contributed by atoms with van der Waals surface area (Å²) in [5.41, 5.74) is 8.77. The van der Waals surface area contributed by atoms with Crippen LogP contribution in [0.2, 0.25) is 0 Å². The first kappa shape index (κ1) is 12.7. The van der Waals surface area contributed by atoms with E-state index in [-0.39, 0.29) is 6.04 Å². The maximum Gasteiger partial charge on any atom is 0.0884 e. The zero-order valence-electron chi connectivity index (χ0n) is 11.1. The number of nitrogens with two attached hydrogens (primary N) is 1. The summed E-state index contributed by atoms with van der Waals surface area (Å²) >= 11 is 0. The van der Waals surface area contributed by atoms with Crippen LogP contribution >= 0.6 is 0 Å². The fourth-order valence-electron chi connectivity index (χ4n) is 2.18. The normalized spacial score (nSPS) is 12.4. The van der Waals surface area contributed by atoms with Gasteiger partial charge in [-0.25, -0.2) is 5.43 Å². The molecule has 3 N–H and O–H groups in total. The van der Waals surface area contributed by atoms with Gasteiger partial charge in [-0.05, 0) is 55.2 Å². The van der Waals surface area contributed by atoms with Gasteiger partial charge in [-0.15, -0.1) is 0 Å². The van der Waals surface area contributed by atoms with Crippen LogP contribution in [0.3, 0.4) is 0 Å². The van der Waals surface area contributed by atoms with E-state index < -0.39 is 0 Å². The molecule has 0 radical (unpaired) electrons. The molecule has 2 aromatic rings. The SMILES string of the molecule is Cc1cc(C)c(C(NN)c2ccccn2)cc1C. The van der Waals surface area contributed by atoms with Crippen molar-refractivity contribution in [2.75, 3.05) is 0 Å². The lowest BCUT2D eigenvalue weighted by molar-refractivity contribution is 0.617. The summed E-state index contributed by atoms with van der Waals surface area (Å²) in [6.07, 6.45) is 1.79. The smallest absolute Gasteiger partial charge is 0.0884 e. The lowest BCUT2D eigenvalue weighted by Crippen LogP contribution is -2.30. The molecule has 0 aliphatic rings. The first-order valence-electron chi connectivity index (χ1n) is 6.08. The Bertz CT molecular complexity index is 535. The van der Waals surface area contributed by atoms with Crippen LogP contribution in [0.5, 0.6) is 0 Å². The molecule has 3 heteroatoms. The zero-order valence-corrected chi connectivity index (χ0v) is 11.1. The van der Waals surface area contributed by atoms with E-state index in [4.69, 9.17) is 5.84 Å². The van der Waals surface area contributed by atoms with Crippen LogP contribution in [0.4, 0.5) is 0 Å². The number of nitrogens with one attached hydrogen (secondary N) is 1. The molecule has 0 saturated carbocycles. The molecule has 18 heavy (non-hydrogen) atoms. The molecular formula is C15H19N3. The van der Waals surface area contributed by atoms with Gasteiger partial charge >= 0.3 is 0 Å². The van der Waals surface area contributed by atoms with Crippen LogP contribution in [-0.2, 0) is 0 Å². The first-order chi connectivity index (χ1) is 8.63. The minimum absolute atomic E-state index is 0.0644. The molecule has 1 heterocycles. The molecule has 0 spiro atoms. The summed E-state index contributed by atoms with van der Waals surface area (Å²) in [6.45, 7) is 6.34. The van der Waals surface area contributed by atoms with Crippen LogP contribution in [0.25, 0.3) is 0 Å². The highest BCUT2D eigenvalue weighted by atomic mass is 15.2. The quantitative estimate of drug-likeness (QED) is 0.641. The average molecular weight is 241 g/mol. The van der Waals surface area contributed by atoms with Gasteiger partial charge in [0.05, 0.1) is 11.7 Å². The van der Waals surface area contributed by atoms with Gasteiger partial charge < -0.3 is 0 Å². The summed E-state index contributed by atoms with van der Waals surface area (Å²) in [4.78, 5) is 4.38. The molecule has 3 nitrogen and oxygen atoms in total. The van der Waals surface area contributed by atoms with E-state index in [1.54, 1.807) is 6.20 Å². The largest absolute Gasteiger partial charge is 0.271 e. The van der Waals surface area contributed by atoms with E-state index in [2.05, 4.69) is 43.3 Å². The van der Waals surface area contributed by atoms with Gasteiger partial charge in [-0.1, -0.05) is 18.2 Å². The predicted octanol–water partition coefficient (Wildman–Crippen LogP) is 2.56. The third-order valence-corrected chi connectivity index (χ3v) is 3.34. The Hall–Kier alpha value is -1.71. The van der Waals surface area contributed by atoms with Crippen molar-refractivity contribution in [3.8, 4) is 0 Å². The van der Waals surface area contributed by atoms with E-state index in [1.807, 2.05) is 18.2 Å². The molecule has 0 aliphatic heterocycles. The third kappa shape index (κ3) is 2.42. The fourth-order valence-corrected chi connectivity index (χ4v) is 2.18. The van der Waals surface area contributed by atoms with Crippen LogP contribution in [0, 0.1) is 20.8 Å². The summed E-state index contributed by atoms with van der Waals surface area (Å²) in [6, 6.07) is 10.2. The molecule has 0 bridgehead atoms. The Kier molecular flexibility index (Phi) is 3.75.